The second-order valence-electron chi connectivity index (χ2n) is 9.24. The molecule has 7 nitrogen and oxygen atoms in total. The molecule has 1 aromatic carbocycles. The average Bonchev–Trinajstić information content (AvgIpc) is 3.28. The van der Waals surface area contributed by atoms with Gasteiger partial charge in [0.2, 0.25) is 5.88 Å². The summed E-state index contributed by atoms with van der Waals surface area (Å²) in [7, 11) is 1.99. The normalized spacial score (nSPS) is 29.9. The van der Waals surface area contributed by atoms with Crippen molar-refractivity contribution in [2.45, 2.75) is 56.5 Å². The molecule has 9 heteroatoms. The molecule has 32 heavy (non-hydrogen) atoms. The number of aromatic hydroxyl groups is 1. The number of hydrogen-bond donors (Lipinski definition) is 1. The molecule has 2 aliphatic rings. The third-order valence-corrected chi connectivity index (χ3v) is 7.29. The second-order valence-corrected chi connectivity index (χ2v) is 9.24. The minimum atomic E-state index is -1.13. The molecule has 5 rings (SSSR count). The van der Waals surface area contributed by atoms with Crippen molar-refractivity contribution in [3.63, 3.8) is 0 Å². The van der Waals surface area contributed by atoms with Gasteiger partial charge < -0.3 is 9.84 Å². The summed E-state index contributed by atoms with van der Waals surface area (Å²) in [4.78, 5) is 2.16. The molecule has 2 fully saturated rings. The molecule has 2 saturated heterocycles. The van der Waals surface area contributed by atoms with Crippen LogP contribution in [0.1, 0.15) is 33.1 Å². The first-order valence-electron chi connectivity index (χ1n) is 10.6. The Kier molecular flexibility index (Phi) is 4.70. The van der Waals surface area contributed by atoms with Crippen molar-refractivity contribution in [2.24, 2.45) is 0 Å². The van der Waals surface area contributed by atoms with Gasteiger partial charge in [0.25, 0.3) is 0 Å². The minimum absolute atomic E-state index is 0.0436. The number of nitrogens with zero attached hydrogens (tertiary/aromatic N) is 5. The van der Waals surface area contributed by atoms with E-state index in [2.05, 4.69) is 27.1 Å². The quantitative estimate of drug-likeness (QED) is 0.662. The van der Waals surface area contributed by atoms with Crippen LogP contribution in [0.4, 0.5) is 8.78 Å². The Labute approximate surface area is 184 Å². The van der Waals surface area contributed by atoms with Crippen LogP contribution in [0.25, 0.3) is 16.9 Å². The van der Waals surface area contributed by atoms with Crippen molar-refractivity contribution in [2.75, 3.05) is 7.05 Å². The van der Waals surface area contributed by atoms with Crippen molar-refractivity contribution in [1.29, 1.82) is 0 Å². The van der Waals surface area contributed by atoms with Crippen LogP contribution in [0, 0.1) is 5.82 Å². The fourth-order valence-corrected chi connectivity index (χ4v) is 5.08. The Balaban J connectivity index is 1.34. The first-order valence-corrected chi connectivity index (χ1v) is 10.6. The fourth-order valence-electron chi connectivity index (χ4n) is 5.08. The number of ether oxygens (including phenoxy) is 1. The molecule has 0 spiro atoms. The van der Waals surface area contributed by atoms with Gasteiger partial charge in [0, 0.05) is 29.7 Å². The highest BCUT2D eigenvalue weighted by Crippen LogP contribution is 2.51. The number of alkyl halides is 1. The van der Waals surface area contributed by atoms with Gasteiger partial charge in [0.1, 0.15) is 11.9 Å². The molecular weight excluding hydrogens is 416 g/mol. The van der Waals surface area contributed by atoms with E-state index in [9.17, 15) is 9.50 Å². The van der Waals surface area contributed by atoms with Gasteiger partial charge >= 0.3 is 0 Å². The van der Waals surface area contributed by atoms with Crippen LogP contribution in [0.15, 0.2) is 42.7 Å². The summed E-state index contributed by atoms with van der Waals surface area (Å²) >= 11 is 0. The molecule has 2 bridgehead atoms. The third kappa shape index (κ3) is 3.23. The van der Waals surface area contributed by atoms with Crippen molar-refractivity contribution in [3.05, 3.63) is 48.5 Å². The Morgan fingerprint density at radius 3 is 2.62 bits per heavy atom. The summed E-state index contributed by atoms with van der Waals surface area (Å²) in [6.07, 6.45) is 2.90. The number of aromatic nitrogens is 4. The zero-order valence-corrected chi connectivity index (χ0v) is 18.2. The molecule has 4 heterocycles. The molecular formula is C23H25F2N5O2. The summed E-state index contributed by atoms with van der Waals surface area (Å²) in [5.41, 5.74) is 0.764. The van der Waals surface area contributed by atoms with E-state index in [-0.39, 0.29) is 17.2 Å². The predicted octanol–water partition coefficient (Wildman–Crippen LogP) is 3.91. The zero-order chi connectivity index (χ0) is 22.7. The Morgan fingerprint density at radius 2 is 1.97 bits per heavy atom. The Bertz CT molecular complexity index is 1150. The van der Waals surface area contributed by atoms with E-state index >= 15 is 4.39 Å². The number of phenolic OH excluding ortho intramolecular Hbond substituents is 1. The molecule has 0 unspecified atom stereocenters. The van der Waals surface area contributed by atoms with Crippen LogP contribution in [-0.2, 0) is 0 Å². The summed E-state index contributed by atoms with van der Waals surface area (Å²) in [5.74, 6) is -0.259. The molecule has 2 aromatic heterocycles. The number of halogens is 2. The number of fused-ring (bicyclic) bond motifs is 2. The minimum Gasteiger partial charge on any atom is -0.507 e. The van der Waals surface area contributed by atoms with Gasteiger partial charge in [0.15, 0.2) is 12.0 Å². The monoisotopic (exact) mass is 441 g/mol. The van der Waals surface area contributed by atoms with Gasteiger partial charge in [-0.05, 0) is 51.9 Å². The number of piperidine rings is 1. The maximum absolute atomic E-state index is 15.3. The van der Waals surface area contributed by atoms with Gasteiger partial charge in [-0.3, -0.25) is 4.90 Å². The van der Waals surface area contributed by atoms with Crippen molar-refractivity contribution < 1.29 is 18.6 Å². The van der Waals surface area contributed by atoms with Crippen molar-refractivity contribution >= 4 is 0 Å². The van der Waals surface area contributed by atoms with Gasteiger partial charge in [0.05, 0.1) is 29.3 Å². The molecule has 168 valence electrons. The highest BCUT2D eigenvalue weighted by Gasteiger charge is 2.60. The van der Waals surface area contributed by atoms with Crippen LogP contribution < -0.4 is 4.74 Å². The van der Waals surface area contributed by atoms with Crippen LogP contribution in [0.5, 0.6) is 11.6 Å². The van der Waals surface area contributed by atoms with E-state index in [4.69, 9.17) is 4.74 Å². The number of benzene rings is 1. The van der Waals surface area contributed by atoms with E-state index in [1.165, 1.54) is 16.9 Å². The molecule has 0 amide bonds. The Hall–Kier alpha value is -3.07. The van der Waals surface area contributed by atoms with E-state index < -0.39 is 23.6 Å². The van der Waals surface area contributed by atoms with Crippen LogP contribution in [0.2, 0.25) is 0 Å². The zero-order valence-electron chi connectivity index (χ0n) is 18.2. The number of phenols is 1. The number of hydrogen-bond acceptors (Lipinski definition) is 6. The van der Waals surface area contributed by atoms with E-state index in [1.807, 2.05) is 14.0 Å². The lowest BCUT2D eigenvalue weighted by molar-refractivity contribution is -0.0887. The van der Waals surface area contributed by atoms with Crippen molar-refractivity contribution in [3.8, 4) is 28.6 Å². The van der Waals surface area contributed by atoms with Gasteiger partial charge in [-0.15, -0.1) is 10.2 Å². The van der Waals surface area contributed by atoms with Crippen LogP contribution in [-0.4, -0.2) is 60.4 Å². The summed E-state index contributed by atoms with van der Waals surface area (Å²) in [6.45, 7) is 4.11. The third-order valence-electron chi connectivity index (χ3n) is 7.29. The summed E-state index contributed by atoms with van der Waals surface area (Å²) in [5, 5.41) is 22.6. The van der Waals surface area contributed by atoms with Crippen molar-refractivity contribution in [1.82, 2.24) is 24.9 Å². The lowest BCUT2D eigenvalue weighted by atomic mass is 9.82. The molecule has 0 radical (unpaired) electrons. The lowest BCUT2D eigenvalue weighted by Crippen LogP contribution is -2.64. The fraction of sp³-hybridized carbons (Fsp3) is 0.435. The van der Waals surface area contributed by atoms with Gasteiger partial charge in [-0.2, -0.15) is 5.10 Å². The molecule has 4 atom stereocenters. The topological polar surface area (TPSA) is 76.3 Å². The highest BCUT2D eigenvalue weighted by molar-refractivity contribution is 5.68. The van der Waals surface area contributed by atoms with Crippen LogP contribution >= 0.6 is 0 Å². The van der Waals surface area contributed by atoms with E-state index in [1.54, 1.807) is 24.3 Å². The molecule has 1 N–H and O–H groups in total. The first kappa shape index (κ1) is 20.8. The molecule has 3 aromatic rings. The molecule has 0 aliphatic carbocycles. The maximum Gasteiger partial charge on any atom is 0.233 e. The van der Waals surface area contributed by atoms with Crippen LogP contribution in [0.3, 0.4) is 0 Å². The standard InChI is InChI=1S/C23H25F2N5O2/c1-22-8-9-23(2,29(22)3)21(25)19(11-22)32-20-7-6-17(27-28-20)16-5-4-15(10-18(16)31)30-13-14(24)12-26-30/h4-7,10,12-13,19,21,31H,8-9,11H2,1-3H3/t19-,21-,22-,23+/m0/s1. The van der Waals surface area contributed by atoms with E-state index in [0.29, 0.717) is 23.4 Å². The number of rotatable bonds is 4. The Morgan fingerprint density at radius 1 is 1.16 bits per heavy atom. The summed E-state index contributed by atoms with van der Waals surface area (Å²) in [6, 6.07) is 8.12. The largest absolute Gasteiger partial charge is 0.507 e. The molecule has 2 aliphatic heterocycles. The summed E-state index contributed by atoms with van der Waals surface area (Å²) < 4.78 is 35.8. The van der Waals surface area contributed by atoms with Gasteiger partial charge in [-0.25, -0.2) is 13.5 Å². The smallest absolute Gasteiger partial charge is 0.233 e. The average molecular weight is 441 g/mol. The lowest BCUT2D eigenvalue weighted by Gasteiger charge is -2.50. The van der Waals surface area contributed by atoms with Gasteiger partial charge in [-0.1, -0.05) is 0 Å². The first-order chi connectivity index (χ1) is 15.2. The SMILES string of the molecule is CN1[C@@]2(C)CC[C@]1(C)[C@@H](F)[C@@H](Oc1ccc(-c3ccc(-n4cc(F)cn4)cc3O)nn1)C2. The maximum atomic E-state index is 15.3. The highest BCUT2D eigenvalue weighted by atomic mass is 19.1. The molecule has 0 saturated carbocycles. The second kappa shape index (κ2) is 7.23. The van der Waals surface area contributed by atoms with E-state index in [0.717, 1.165) is 19.0 Å². The predicted molar refractivity (Wildman–Crippen MR) is 114 cm³/mol.